The number of nitrogens with zero attached hydrogens (tertiary/aromatic N) is 2. The Morgan fingerprint density at radius 3 is 2.58 bits per heavy atom. The van der Waals surface area contributed by atoms with E-state index in [1.807, 2.05) is 0 Å². The molecule has 0 aliphatic carbocycles. The lowest BCUT2D eigenvalue weighted by Gasteiger charge is -2.08. The van der Waals surface area contributed by atoms with Crippen molar-refractivity contribution in [1.29, 1.82) is 0 Å². The van der Waals surface area contributed by atoms with Gasteiger partial charge in [-0.05, 0) is 17.5 Å². The first-order chi connectivity index (χ1) is 8.90. The van der Waals surface area contributed by atoms with Gasteiger partial charge in [0.05, 0.1) is 10.3 Å². The molecule has 0 N–H and O–H groups in total. The van der Waals surface area contributed by atoms with Crippen LogP contribution < -0.4 is 5.63 Å². The Hall–Kier alpha value is -2.70. The van der Waals surface area contributed by atoms with E-state index < -0.39 is 16.5 Å². The highest BCUT2D eigenvalue weighted by molar-refractivity contribution is 5.95. The second kappa shape index (κ2) is 4.52. The molecule has 1 amide bonds. The van der Waals surface area contributed by atoms with E-state index in [1.165, 1.54) is 43.3 Å². The van der Waals surface area contributed by atoms with Crippen LogP contribution in [0.3, 0.4) is 0 Å². The first kappa shape index (κ1) is 12.7. The van der Waals surface area contributed by atoms with E-state index in [1.54, 1.807) is 0 Å². The quantitative estimate of drug-likeness (QED) is 0.602. The number of hydrogen-bond donors (Lipinski definition) is 0. The Morgan fingerprint density at radius 1 is 1.32 bits per heavy atom. The Kier molecular flexibility index (Phi) is 3.04. The van der Waals surface area contributed by atoms with Gasteiger partial charge in [-0.1, -0.05) is 0 Å². The summed E-state index contributed by atoms with van der Waals surface area (Å²) in [5.74, 6) is -0.631. The molecule has 0 aliphatic rings. The molecule has 1 aromatic carbocycles. The second-order valence-electron chi connectivity index (χ2n) is 4.13. The number of nitro groups is 1. The Morgan fingerprint density at radius 2 is 2.00 bits per heavy atom. The fourth-order valence-corrected chi connectivity index (χ4v) is 1.62. The van der Waals surface area contributed by atoms with Crippen molar-refractivity contribution >= 4 is 22.4 Å². The second-order valence-corrected chi connectivity index (χ2v) is 4.13. The van der Waals surface area contributed by atoms with Gasteiger partial charge in [0.2, 0.25) is 0 Å². The normalized spacial score (nSPS) is 10.4. The molecule has 0 fully saturated rings. The number of nitro benzene ring substituents is 1. The third-order valence-corrected chi connectivity index (χ3v) is 2.57. The predicted octanol–water partition coefficient (Wildman–Crippen LogP) is 1.40. The Balaban J connectivity index is 2.69. The summed E-state index contributed by atoms with van der Waals surface area (Å²) in [4.78, 5) is 34.8. The maximum absolute atomic E-state index is 11.7. The molecule has 98 valence electrons. The molecule has 1 heterocycles. The third kappa shape index (κ3) is 2.30. The fraction of sp³-hybridized carbons (Fsp3) is 0.167. The van der Waals surface area contributed by atoms with Gasteiger partial charge >= 0.3 is 5.63 Å². The fourth-order valence-electron chi connectivity index (χ4n) is 1.62. The molecule has 2 aromatic rings. The van der Waals surface area contributed by atoms with Gasteiger partial charge in [0, 0.05) is 26.2 Å². The van der Waals surface area contributed by atoms with Gasteiger partial charge in [-0.3, -0.25) is 14.9 Å². The highest BCUT2D eigenvalue weighted by Gasteiger charge is 2.15. The number of hydrogen-bond acceptors (Lipinski definition) is 5. The van der Waals surface area contributed by atoms with Crippen LogP contribution in [-0.2, 0) is 0 Å². The van der Waals surface area contributed by atoms with E-state index in [9.17, 15) is 19.7 Å². The van der Waals surface area contributed by atoms with Crippen LogP contribution in [0.2, 0.25) is 0 Å². The lowest BCUT2D eigenvalue weighted by molar-refractivity contribution is -0.384. The standard InChI is InChI=1S/C12H10N2O5/c1-13(2)11(15)10-6-7-5-8(14(17)18)3-4-9(7)12(16)19-10/h3-6H,1-2H3. The first-order valence-corrected chi connectivity index (χ1v) is 5.34. The van der Waals surface area contributed by atoms with Crippen molar-refractivity contribution in [2.45, 2.75) is 0 Å². The van der Waals surface area contributed by atoms with Gasteiger partial charge in [0.25, 0.3) is 11.6 Å². The topological polar surface area (TPSA) is 93.7 Å². The summed E-state index contributed by atoms with van der Waals surface area (Å²) in [5.41, 5.74) is -0.848. The molecule has 7 heteroatoms. The minimum Gasteiger partial charge on any atom is -0.417 e. The van der Waals surface area contributed by atoms with Gasteiger partial charge in [-0.25, -0.2) is 4.79 Å². The summed E-state index contributed by atoms with van der Waals surface area (Å²) in [6.45, 7) is 0. The molecule has 0 spiro atoms. The molecule has 19 heavy (non-hydrogen) atoms. The number of carbonyl (C=O) groups excluding carboxylic acids is 1. The summed E-state index contributed by atoms with van der Waals surface area (Å²) < 4.78 is 4.90. The maximum atomic E-state index is 11.7. The number of rotatable bonds is 2. The van der Waals surface area contributed by atoms with Crippen molar-refractivity contribution in [2.75, 3.05) is 14.1 Å². The van der Waals surface area contributed by atoms with Crippen LogP contribution in [0.5, 0.6) is 0 Å². The van der Waals surface area contributed by atoms with E-state index >= 15 is 0 Å². The van der Waals surface area contributed by atoms with Gasteiger partial charge in [-0.2, -0.15) is 0 Å². The van der Waals surface area contributed by atoms with E-state index in [2.05, 4.69) is 0 Å². The molecular formula is C12H10N2O5. The van der Waals surface area contributed by atoms with Crippen LogP contribution in [0, 0.1) is 10.1 Å². The maximum Gasteiger partial charge on any atom is 0.344 e. The molecule has 0 radical (unpaired) electrons. The smallest absolute Gasteiger partial charge is 0.344 e. The molecule has 7 nitrogen and oxygen atoms in total. The average Bonchev–Trinajstić information content (AvgIpc) is 2.36. The number of non-ortho nitro benzene ring substituents is 1. The minimum atomic E-state index is -0.697. The zero-order valence-electron chi connectivity index (χ0n) is 10.2. The van der Waals surface area contributed by atoms with Crippen molar-refractivity contribution < 1.29 is 14.1 Å². The summed E-state index contributed by atoms with van der Waals surface area (Å²) >= 11 is 0. The SMILES string of the molecule is CN(C)C(=O)c1cc2cc([N+](=O)[O-])ccc2c(=O)o1. The van der Waals surface area contributed by atoms with Crippen molar-refractivity contribution in [3.63, 3.8) is 0 Å². The van der Waals surface area contributed by atoms with Gasteiger partial charge in [-0.15, -0.1) is 0 Å². The van der Waals surface area contributed by atoms with Crippen LogP contribution in [0.15, 0.2) is 33.5 Å². The van der Waals surface area contributed by atoms with E-state index in [0.717, 1.165) is 0 Å². The summed E-state index contributed by atoms with van der Waals surface area (Å²) in [6, 6.07) is 5.08. The lowest BCUT2D eigenvalue weighted by Crippen LogP contribution is -2.22. The highest BCUT2D eigenvalue weighted by atomic mass is 16.6. The van der Waals surface area contributed by atoms with Gasteiger partial charge in [0.15, 0.2) is 5.76 Å². The van der Waals surface area contributed by atoms with Crippen LogP contribution in [0.25, 0.3) is 10.8 Å². The lowest BCUT2D eigenvalue weighted by atomic mass is 10.1. The van der Waals surface area contributed by atoms with E-state index in [0.29, 0.717) is 5.39 Å². The van der Waals surface area contributed by atoms with Crippen molar-refractivity contribution in [3.8, 4) is 0 Å². The van der Waals surface area contributed by atoms with Crippen LogP contribution in [0.4, 0.5) is 5.69 Å². The first-order valence-electron chi connectivity index (χ1n) is 5.34. The molecular weight excluding hydrogens is 252 g/mol. The molecule has 2 rings (SSSR count). The largest absolute Gasteiger partial charge is 0.417 e. The minimum absolute atomic E-state index is 0.150. The van der Waals surface area contributed by atoms with Crippen molar-refractivity contribution in [3.05, 3.63) is 50.6 Å². The van der Waals surface area contributed by atoms with Crippen molar-refractivity contribution in [1.82, 2.24) is 4.90 Å². The Bertz CT molecular complexity index is 732. The monoisotopic (exact) mass is 262 g/mol. The van der Waals surface area contributed by atoms with Crippen molar-refractivity contribution in [2.24, 2.45) is 0 Å². The number of carbonyl (C=O) groups is 1. The van der Waals surface area contributed by atoms with E-state index in [4.69, 9.17) is 4.42 Å². The summed E-state index contributed by atoms with van der Waals surface area (Å²) in [6.07, 6.45) is 0. The number of benzene rings is 1. The summed E-state index contributed by atoms with van der Waals surface area (Å²) in [5, 5.41) is 11.2. The molecule has 0 bridgehead atoms. The molecule has 0 unspecified atom stereocenters. The van der Waals surface area contributed by atoms with Crippen LogP contribution >= 0.6 is 0 Å². The Labute approximate surface area is 107 Å². The van der Waals surface area contributed by atoms with Gasteiger partial charge in [0.1, 0.15) is 0 Å². The molecule has 0 saturated heterocycles. The van der Waals surface area contributed by atoms with Crippen LogP contribution in [0.1, 0.15) is 10.6 Å². The average molecular weight is 262 g/mol. The number of amides is 1. The summed E-state index contributed by atoms with van der Waals surface area (Å²) in [7, 11) is 3.03. The zero-order valence-corrected chi connectivity index (χ0v) is 10.2. The zero-order chi connectivity index (χ0) is 14.2. The molecule has 0 atom stereocenters. The highest BCUT2D eigenvalue weighted by Crippen LogP contribution is 2.19. The predicted molar refractivity (Wildman–Crippen MR) is 67.2 cm³/mol. The van der Waals surface area contributed by atoms with Gasteiger partial charge < -0.3 is 9.32 Å². The molecule has 0 saturated carbocycles. The third-order valence-electron chi connectivity index (χ3n) is 2.57. The molecule has 0 aliphatic heterocycles. The molecule has 1 aromatic heterocycles. The number of fused-ring (bicyclic) bond motifs is 1. The van der Waals surface area contributed by atoms with Crippen LogP contribution in [-0.4, -0.2) is 29.8 Å². The van der Waals surface area contributed by atoms with E-state index in [-0.39, 0.29) is 16.8 Å².